The highest BCUT2D eigenvalue weighted by atomic mass is 19.1. The molecule has 0 radical (unpaired) electrons. The van der Waals surface area contributed by atoms with Gasteiger partial charge < -0.3 is 5.11 Å². The van der Waals surface area contributed by atoms with E-state index in [1.165, 1.54) is 6.07 Å². The summed E-state index contributed by atoms with van der Waals surface area (Å²) in [4.78, 5) is 11.3. The second-order valence-electron chi connectivity index (χ2n) is 4.75. The summed E-state index contributed by atoms with van der Waals surface area (Å²) in [5.74, 6) is -1.36. The van der Waals surface area contributed by atoms with Crippen molar-refractivity contribution in [3.8, 4) is 0 Å². The first-order chi connectivity index (χ1) is 6.92. The molecule has 1 unspecified atom stereocenters. The summed E-state index contributed by atoms with van der Waals surface area (Å²) in [6.07, 6.45) is 0.496. The molecule has 2 rings (SSSR count). The fourth-order valence-electron chi connectivity index (χ4n) is 2.37. The van der Waals surface area contributed by atoms with Gasteiger partial charge in [0.1, 0.15) is 11.2 Å². The SMILES string of the molecule is CC1(C)CC1(C(=O)O)c1ccccc1F. The van der Waals surface area contributed by atoms with Crippen molar-refractivity contribution in [2.24, 2.45) is 5.41 Å². The second kappa shape index (κ2) is 2.81. The monoisotopic (exact) mass is 208 g/mol. The van der Waals surface area contributed by atoms with E-state index in [4.69, 9.17) is 0 Å². The van der Waals surface area contributed by atoms with Crippen LogP contribution in [0.3, 0.4) is 0 Å². The van der Waals surface area contributed by atoms with Gasteiger partial charge in [0.15, 0.2) is 0 Å². The average molecular weight is 208 g/mol. The van der Waals surface area contributed by atoms with Gasteiger partial charge >= 0.3 is 5.97 Å². The van der Waals surface area contributed by atoms with Gasteiger partial charge in [0.2, 0.25) is 0 Å². The van der Waals surface area contributed by atoms with Crippen molar-refractivity contribution >= 4 is 5.97 Å². The quantitative estimate of drug-likeness (QED) is 0.811. The molecule has 0 aliphatic heterocycles. The van der Waals surface area contributed by atoms with Gasteiger partial charge in [0.25, 0.3) is 0 Å². The Balaban J connectivity index is 2.55. The number of benzene rings is 1. The Hall–Kier alpha value is -1.38. The van der Waals surface area contributed by atoms with E-state index in [9.17, 15) is 14.3 Å². The van der Waals surface area contributed by atoms with Crippen molar-refractivity contribution in [3.63, 3.8) is 0 Å². The van der Waals surface area contributed by atoms with Gasteiger partial charge in [-0.05, 0) is 17.9 Å². The molecule has 15 heavy (non-hydrogen) atoms. The zero-order valence-electron chi connectivity index (χ0n) is 8.75. The van der Waals surface area contributed by atoms with Crippen LogP contribution in [0.1, 0.15) is 25.8 Å². The molecule has 0 aromatic heterocycles. The van der Waals surface area contributed by atoms with Crippen molar-refractivity contribution in [1.29, 1.82) is 0 Å². The molecule has 0 saturated heterocycles. The van der Waals surface area contributed by atoms with Crippen molar-refractivity contribution < 1.29 is 14.3 Å². The number of hydrogen-bond acceptors (Lipinski definition) is 1. The minimum Gasteiger partial charge on any atom is -0.481 e. The summed E-state index contributed by atoms with van der Waals surface area (Å²) in [7, 11) is 0. The third-order valence-corrected chi connectivity index (χ3v) is 3.44. The summed E-state index contributed by atoms with van der Waals surface area (Å²) in [6.45, 7) is 3.71. The first-order valence-electron chi connectivity index (χ1n) is 4.90. The maximum Gasteiger partial charge on any atom is 0.314 e. The van der Waals surface area contributed by atoms with Crippen LogP contribution in [0.5, 0.6) is 0 Å². The van der Waals surface area contributed by atoms with Crippen LogP contribution < -0.4 is 0 Å². The predicted molar refractivity (Wildman–Crippen MR) is 54.1 cm³/mol. The maximum atomic E-state index is 13.6. The topological polar surface area (TPSA) is 37.3 Å². The highest BCUT2D eigenvalue weighted by molar-refractivity contribution is 5.87. The summed E-state index contributed by atoms with van der Waals surface area (Å²) >= 11 is 0. The van der Waals surface area contributed by atoms with Gasteiger partial charge in [-0.25, -0.2) is 4.39 Å². The van der Waals surface area contributed by atoms with Crippen LogP contribution in [0.4, 0.5) is 4.39 Å². The molecule has 80 valence electrons. The molecule has 1 aliphatic rings. The molecular formula is C12H13FO2. The fraction of sp³-hybridized carbons (Fsp3) is 0.417. The zero-order chi connectivity index (χ0) is 11.3. The van der Waals surface area contributed by atoms with Crippen LogP contribution in [0.25, 0.3) is 0 Å². The van der Waals surface area contributed by atoms with Crippen LogP contribution in [0, 0.1) is 11.2 Å². The van der Waals surface area contributed by atoms with Crippen molar-refractivity contribution in [1.82, 2.24) is 0 Å². The molecule has 0 amide bonds. The van der Waals surface area contributed by atoms with Crippen molar-refractivity contribution in [2.45, 2.75) is 25.7 Å². The minimum atomic E-state index is -1.03. The Labute approximate surface area is 87.7 Å². The number of aliphatic carboxylic acids is 1. The molecule has 3 heteroatoms. The minimum absolute atomic E-state index is 0.308. The molecule has 0 spiro atoms. The Kier molecular flexibility index (Phi) is 1.90. The van der Waals surface area contributed by atoms with E-state index in [0.29, 0.717) is 12.0 Å². The zero-order valence-corrected chi connectivity index (χ0v) is 8.75. The molecule has 1 aliphatic carbocycles. The Morgan fingerprint density at radius 1 is 1.40 bits per heavy atom. The van der Waals surface area contributed by atoms with E-state index in [2.05, 4.69) is 0 Å². The van der Waals surface area contributed by atoms with Crippen LogP contribution in [0.15, 0.2) is 24.3 Å². The van der Waals surface area contributed by atoms with Gasteiger partial charge in [-0.3, -0.25) is 4.79 Å². The summed E-state index contributed by atoms with van der Waals surface area (Å²) in [5.41, 5.74) is -1.08. The summed E-state index contributed by atoms with van der Waals surface area (Å²) < 4.78 is 13.6. The molecular weight excluding hydrogens is 195 g/mol. The van der Waals surface area contributed by atoms with Crippen LogP contribution in [-0.2, 0) is 10.2 Å². The van der Waals surface area contributed by atoms with E-state index in [1.54, 1.807) is 18.2 Å². The number of carbonyl (C=O) groups is 1. The first kappa shape index (κ1) is 10.1. The summed E-state index contributed by atoms with van der Waals surface area (Å²) in [6, 6.07) is 6.13. The predicted octanol–water partition coefficient (Wildman–Crippen LogP) is 2.58. The lowest BCUT2D eigenvalue weighted by Gasteiger charge is -2.16. The van der Waals surface area contributed by atoms with Crippen LogP contribution in [-0.4, -0.2) is 11.1 Å². The highest BCUT2D eigenvalue weighted by Gasteiger charge is 2.68. The average Bonchev–Trinajstić information content (AvgIpc) is 2.71. The lowest BCUT2D eigenvalue weighted by atomic mass is 9.87. The van der Waals surface area contributed by atoms with E-state index in [1.807, 2.05) is 13.8 Å². The maximum absolute atomic E-state index is 13.6. The molecule has 2 nitrogen and oxygen atoms in total. The number of rotatable bonds is 2. The lowest BCUT2D eigenvalue weighted by Crippen LogP contribution is -2.26. The van der Waals surface area contributed by atoms with E-state index in [-0.39, 0.29) is 5.41 Å². The van der Waals surface area contributed by atoms with Crippen LogP contribution in [0.2, 0.25) is 0 Å². The number of carboxylic acid groups (broad SMARTS) is 1. The molecule has 1 atom stereocenters. The van der Waals surface area contributed by atoms with E-state index >= 15 is 0 Å². The molecule has 0 bridgehead atoms. The van der Waals surface area contributed by atoms with Gasteiger partial charge in [0.05, 0.1) is 0 Å². The van der Waals surface area contributed by atoms with Crippen molar-refractivity contribution in [2.75, 3.05) is 0 Å². The fourth-order valence-corrected chi connectivity index (χ4v) is 2.37. The van der Waals surface area contributed by atoms with Crippen LogP contribution >= 0.6 is 0 Å². The van der Waals surface area contributed by atoms with Gasteiger partial charge in [-0.2, -0.15) is 0 Å². The Morgan fingerprint density at radius 3 is 2.33 bits per heavy atom. The molecule has 1 fully saturated rings. The van der Waals surface area contributed by atoms with Gasteiger partial charge in [0, 0.05) is 5.56 Å². The first-order valence-corrected chi connectivity index (χ1v) is 4.90. The largest absolute Gasteiger partial charge is 0.481 e. The smallest absolute Gasteiger partial charge is 0.314 e. The lowest BCUT2D eigenvalue weighted by molar-refractivity contribution is -0.141. The Morgan fingerprint density at radius 2 is 1.93 bits per heavy atom. The number of carboxylic acids is 1. The Bertz CT molecular complexity index is 425. The van der Waals surface area contributed by atoms with Gasteiger partial charge in [-0.1, -0.05) is 32.0 Å². The molecule has 1 aromatic rings. The normalized spacial score (nSPS) is 27.4. The third-order valence-electron chi connectivity index (χ3n) is 3.44. The number of halogens is 1. The molecule has 1 aromatic carbocycles. The van der Waals surface area contributed by atoms with E-state index < -0.39 is 17.2 Å². The second-order valence-corrected chi connectivity index (χ2v) is 4.75. The molecule has 1 saturated carbocycles. The van der Waals surface area contributed by atoms with E-state index in [0.717, 1.165) is 0 Å². The molecule has 1 N–H and O–H groups in total. The third kappa shape index (κ3) is 1.19. The summed E-state index contributed by atoms with van der Waals surface area (Å²) in [5, 5.41) is 9.25. The standard InChI is InChI=1S/C12H13FO2/c1-11(2)7-12(11,10(14)15)8-5-3-4-6-9(8)13/h3-6H,7H2,1-2H3,(H,14,15). The van der Waals surface area contributed by atoms with Gasteiger partial charge in [-0.15, -0.1) is 0 Å². The molecule has 0 heterocycles. The highest BCUT2D eigenvalue weighted by Crippen LogP contribution is 2.64. The van der Waals surface area contributed by atoms with Crippen molar-refractivity contribution in [3.05, 3.63) is 35.6 Å². The number of hydrogen-bond donors (Lipinski definition) is 1.